The van der Waals surface area contributed by atoms with Gasteiger partial charge >= 0.3 is 24.0 Å². The minimum Gasteiger partial charge on any atom is -0.481 e. The molecule has 0 spiro atoms. The first-order valence-corrected chi connectivity index (χ1v) is 14.0. The number of anilines is 1. The summed E-state index contributed by atoms with van der Waals surface area (Å²) in [6.45, 7) is 5.32. The Hall–Kier alpha value is -4.24. The molecular formula is C27H41N7O8. The van der Waals surface area contributed by atoms with Gasteiger partial charge in [-0.1, -0.05) is 24.3 Å². The second-order valence-corrected chi connectivity index (χ2v) is 9.34. The van der Waals surface area contributed by atoms with Crippen molar-refractivity contribution in [1.82, 2.24) is 30.9 Å². The van der Waals surface area contributed by atoms with Gasteiger partial charge in [-0.25, -0.2) is 19.1 Å². The highest BCUT2D eigenvalue weighted by molar-refractivity contribution is 5.90. The fraction of sp³-hybridized carbons (Fsp3) is 0.556. The third-order valence-electron chi connectivity index (χ3n) is 5.80. The number of nitrogens with one attached hydrogen (secondary N) is 4. The van der Waals surface area contributed by atoms with Gasteiger partial charge in [-0.05, 0) is 44.2 Å². The molecule has 232 valence electrons. The van der Waals surface area contributed by atoms with Gasteiger partial charge in [-0.15, -0.1) is 5.10 Å². The minimum atomic E-state index is -1.18. The Morgan fingerprint density at radius 1 is 0.952 bits per heavy atom. The number of carbonyl (C=O) groups is 4. The van der Waals surface area contributed by atoms with E-state index in [0.717, 1.165) is 18.6 Å². The lowest BCUT2D eigenvalue weighted by Crippen LogP contribution is -2.46. The molecule has 0 aliphatic rings. The molecule has 1 heterocycles. The number of carboxylic acid groups (broad SMARTS) is 2. The zero-order chi connectivity index (χ0) is 30.6. The lowest BCUT2D eigenvalue weighted by molar-refractivity contribution is -0.139. The van der Waals surface area contributed by atoms with Crippen LogP contribution in [0, 0.1) is 0 Å². The van der Waals surface area contributed by atoms with E-state index in [1.54, 1.807) is 29.1 Å². The van der Waals surface area contributed by atoms with Crippen molar-refractivity contribution in [3.63, 3.8) is 0 Å². The topological polar surface area (TPSA) is 206 Å². The zero-order valence-corrected chi connectivity index (χ0v) is 23.8. The number of hydrogen-bond donors (Lipinski definition) is 6. The first-order chi connectivity index (χ1) is 20.3. The Labute approximate surface area is 244 Å². The number of benzene rings is 1. The maximum Gasteiger partial charge on any atom is 0.326 e. The smallest absolute Gasteiger partial charge is 0.326 e. The van der Waals surface area contributed by atoms with Gasteiger partial charge in [0.25, 0.3) is 0 Å². The molecule has 0 saturated heterocycles. The molecule has 1 atom stereocenters. The van der Waals surface area contributed by atoms with E-state index in [4.69, 9.17) is 14.6 Å². The highest BCUT2D eigenvalue weighted by Crippen LogP contribution is 2.20. The number of amides is 4. The average molecular weight is 592 g/mol. The molecule has 1 aromatic carbocycles. The lowest BCUT2D eigenvalue weighted by atomic mass is 10.1. The molecule has 0 radical (unpaired) electrons. The highest BCUT2D eigenvalue weighted by atomic mass is 16.5. The molecule has 0 bridgehead atoms. The highest BCUT2D eigenvalue weighted by Gasteiger charge is 2.19. The van der Waals surface area contributed by atoms with E-state index in [2.05, 4.69) is 38.5 Å². The predicted molar refractivity (Wildman–Crippen MR) is 153 cm³/mol. The maximum atomic E-state index is 12.3. The van der Waals surface area contributed by atoms with Gasteiger partial charge in [0.05, 0.1) is 32.6 Å². The molecule has 0 aliphatic heterocycles. The second kappa shape index (κ2) is 19.8. The predicted octanol–water partition coefficient (Wildman–Crippen LogP) is 2.30. The number of urea groups is 2. The average Bonchev–Trinajstić information content (AvgIpc) is 3.43. The van der Waals surface area contributed by atoms with Crippen LogP contribution in [0.3, 0.4) is 0 Å². The summed E-state index contributed by atoms with van der Waals surface area (Å²) >= 11 is 0. The van der Waals surface area contributed by atoms with Crippen molar-refractivity contribution < 1.29 is 38.9 Å². The molecule has 0 fully saturated rings. The largest absolute Gasteiger partial charge is 0.481 e. The summed E-state index contributed by atoms with van der Waals surface area (Å²) in [5.41, 5.74) is 2.01. The number of rotatable bonds is 21. The molecule has 2 aromatic rings. The SMILES string of the molecule is CCCOCCOCCn1cc(-c2cccc(NC(=O)NCCCC[C@H](NC(=O)NCCCC(=O)O)C(=O)O)c2)nn1. The number of carboxylic acids is 2. The molecule has 15 heteroatoms. The first-order valence-electron chi connectivity index (χ1n) is 14.0. The molecule has 0 aliphatic carbocycles. The number of aromatic nitrogens is 3. The fourth-order valence-electron chi connectivity index (χ4n) is 3.68. The Balaban J connectivity index is 1.67. The molecule has 2 rings (SSSR count). The standard InChI is InChI=1S/C27H41N7O8/c1-2-14-41-16-17-42-15-13-34-19-23(32-33-34)20-7-5-8-21(18-20)30-26(39)28-11-4-3-9-22(25(37)38)31-27(40)29-12-6-10-24(35)36/h5,7-8,18-19,22H,2-4,6,9-17H2,1H3,(H,35,36)(H,37,38)(H2,28,30,39)(H2,29,31,40)/t22-/m0/s1. The van der Waals surface area contributed by atoms with Crippen molar-refractivity contribution in [2.24, 2.45) is 0 Å². The van der Waals surface area contributed by atoms with E-state index in [-0.39, 0.29) is 25.8 Å². The van der Waals surface area contributed by atoms with Crippen LogP contribution in [0.25, 0.3) is 11.3 Å². The van der Waals surface area contributed by atoms with Crippen molar-refractivity contribution in [2.45, 2.75) is 58.0 Å². The van der Waals surface area contributed by atoms with Crippen molar-refractivity contribution in [2.75, 3.05) is 44.8 Å². The van der Waals surface area contributed by atoms with Crippen LogP contribution in [0.1, 0.15) is 45.4 Å². The molecule has 1 aromatic heterocycles. The lowest BCUT2D eigenvalue weighted by Gasteiger charge is -2.15. The zero-order valence-electron chi connectivity index (χ0n) is 23.8. The Morgan fingerprint density at radius 2 is 1.69 bits per heavy atom. The van der Waals surface area contributed by atoms with Crippen LogP contribution < -0.4 is 21.3 Å². The van der Waals surface area contributed by atoms with E-state index in [1.807, 2.05) is 6.07 Å². The summed E-state index contributed by atoms with van der Waals surface area (Å²) < 4.78 is 12.6. The number of unbranched alkanes of at least 4 members (excludes halogenated alkanes) is 1. The maximum absolute atomic E-state index is 12.3. The number of nitrogens with zero attached hydrogens (tertiary/aromatic N) is 3. The van der Waals surface area contributed by atoms with Crippen molar-refractivity contribution in [3.8, 4) is 11.3 Å². The van der Waals surface area contributed by atoms with Crippen molar-refractivity contribution in [1.29, 1.82) is 0 Å². The van der Waals surface area contributed by atoms with Gasteiger partial charge in [0.1, 0.15) is 11.7 Å². The van der Waals surface area contributed by atoms with E-state index in [1.165, 1.54) is 0 Å². The van der Waals surface area contributed by atoms with Gasteiger partial charge < -0.3 is 41.0 Å². The fourth-order valence-corrected chi connectivity index (χ4v) is 3.68. The first kappa shape index (κ1) is 34.0. The molecule has 4 amide bonds. The van der Waals surface area contributed by atoms with Crippen LogP contribution in [0.5, 0.6) is 0 Å². The molecule has 6 N–H and O–H groups in total. The number of carbonyl (C=O) groups excluding carboxylic acids is 2. The van der Waals surface area contributed by atoms with E-state index >= 15 is 0 Å². The summed E-state index contributed by atoms with van der Waals surface area (Å²) in [7, 11) is 0. The number of aliphatic carboxylic acids is 2. The van der Waals surface area contributed by atoms with Crippen molar-refractivity contribution in [3.05, 3.63) is 30.5 Å². The Kier molecular flexibility index (Phi) is 16.0. The van der Waals surface area contributed by atoms with Crippen LogP contribution >= 0.6 is 0 Å². The Bertz CT molecular complexity index is 1130. The minimum absolute atomic E-state index is 0.0931. The summed E-state index contributed by atoms with van der Waals surface area (Å²) in [5, 5.41) is 36.6. The summed E-state index contributed by atoms with van der Waals surface area (Å²) in [4.78, 5) is 46.1. The molecule has 42 heavy (non-hydrogen) atoms. The molecule has 15 nitrogen and oxygen atoms in total. The van der Waals surface area contributed by atoms with Gasteiger partial charge in [-0.3, -0.25) is 4.79 Å². The van der Waals surface area contributed by atoms with Crippen LogP contribution in [-0.4, -0.2) is 94.8 Å². The molecular weight excluding hydrogens is 550 g/mol. The van der Waals surface area contributed by atoms with Gasteiger partial charge in [0.2, 0.25) is 0 Å². The van der Waals surface area contributed by atoms with Gasteiger partial charge in [-0.2, -0.15) is 0 Å². The van der Waals surface area contributed by atoms with Crippen molar-refractivity contribution >= 4 is 29.7 Å². The quantitative estimate of drug-likeness (QED) is 0.117. The van der Waals surface area contributed by atoms with E-state index in [0.29, 0.717) is 57.1 Å². The third-order valence-corrected chi connectivity index (χ3v) is 5.80. The van der Waals surface area contributed by atoms with E-state index < -0.39 is 30.0 Å². The number of hydrogen-bond acceptors (Lipinski definition) is 8. The molecule has 0 unspecified atom stereocenters. The van der Waals surface area contributed by atoms with Gasteiger partial charge in [0.15, 0.2) is 0 Å². The van der Waals surface area contributed by atoms with Gasteiger partial charge in [0, 0.05) is 37.4 Å². The van der Waals surface area contributed by atoms with E-state index in [9.17, 15) is 24.3 Å². The monoisotopic (exact) mass is 591 g/mol. The third kappa shape index (κ3) is 14.4. The van der Waals surface area contributed by atoms with Crippen LogP contribution in [-0.2, 0) is 25.6 Å². The second-order valence-electron chi connectivity index (χ2n) is 9.34. The summed E-state index contributed by atoms with van der Waals surface area (Å²) in [6, 6.07) is 5.00. The Morgan fingerprint density at radius 3 is 2.43 bits per heavy atom. The normalized spacial score (nSPS) is 11.5. The number of ether oxygens (including phenoxy) is 2. The summed E-state index contributed by atoms with van der Waals surface area (Å²) in [5.74, 6) is -2.15. The van der Waals surface area contributed by atoms with Crippen LogP contribution in [0.15, 0.2) is 30.5 Å². The molecule has 0 saturated carbocycles. The summed E-state index contributed by atoms with van der Waals surface area (Å²) in [6.07, 6.45) is 4.04. The van der Waals surface area contributed by atoms with Crippen LogP contribution in [0.2, 0.25) is 0 Å². The van der Waals surface area contributed by atoms with Crippen LogP contribution in [0.4, 0.5) is 15.3 Å².